The summed E-state index contributed by atoms with van der Waals surface area (Å²) in [5, 5.41) is 0.942. The van der Waals surface area contributed by atoms with E-state index in [1.165, 1.54) is 12.8 Å². The van der Waals surface area contributed by atoms with Crippen LogP contribution in [-0.2, 0) is 11.3 Å². The largest absolute Gasteiger partial charge is 0.493 e. The molecule has 1 aliphatic rings. The fourth-order valence-electron chi connectivity index (χ4n) is 4.27. The molecule has 0 N–H and O–H groups in total. The summed E-state index contributed by atoms with van der Waals surface area (Å²) in [4.78, 5) is 19.1. The van der Waals surface area contributed by atoms with Gasteiger partial charge in [-0.1, -0.05) is 23.2 Å². The van der Waals surface area contributed by atoms with Gasteiger partial charge in [-0.2, -0.15) is 0 Å². The lowest BCUT2D eigenvalue weighted by Gasteiger charge is -2.27. The zero-order valence-corrected chi connectivity index (χ0v) is 23.1. The van der Waals surface area contributed by atoms with E-state index in [1.807, 2.05) is 51.1 Å². The van der Waals surface area contributed by atoms with Crippen molar-refractivity contribution in [2.24, 2.45) is 0 Å². The average Bonchev–Trinajstić information content (AvgIpc) is 3.36. The number of hydrogen-bond donors (Lipinski definition) is 0. The third-order valence-corrected chi connectivity index (χ3v) is 6.59. The molecule has 0 radical (unpaired) electrons. The molecule has 0 unspecified atom stereocenters. The number of methoxy groups -OCH3 is 1. The van der Waals surface area contributed by atoms with Crippen LogP contribution >= 0.6 is 23.2 Å². The van der Waals surface area contributed by atoms with Gasteiger partial charge in [0.2, 0.25) is 0 Å². The fraction of sp³-hybridized carbons (Fsp3) is 0.379. The van der Waals surface area contributed by atoms with Crippen LogP contribution in [0.1, 0.15) is 62.5 Å². The number of carbonyl (C=O) groups excluding carboxylic acids is 1. The van der Waals surface area contributed by atoms with Crippen molar-refractivity contribution in [1.82, 2.24) is 4.98 Å². The molecule has 1 saturated carbocycles. The zero-order valence-electron chi connectivity index (χ0n) is 21.6. The van der Waals surface area contributed by atoms with E-state index in [4.69, 9.17) is 37.4 Å². The fourth-order valence-corrected chi connectivity index (χ4v) is 4.71. The van der Waals surface area contributed by atoms with Gasteiger partial charge in [-0.3, -0.25) is 4.98 Å². The van der Waals surface area contributed by atoms with Crippen molar-refractivity contribution in [3.8, 4) is 11.5 Å². The van der Waals surface area contributed by atoms with Gasteiger partial charge in [0, 0.05) is 23.6 Å². The SMILES string of the molecule is COc1ccc(N(Cc2ncc(Cl)cc2Cl)c2ccc(C(=O)OC(C)(C)C)cc2)cc1OC1CCCC1. The molecule has 1 aliphatic carbocycles. The van der Waals surface area contributed by atoms with Crippen molar-refractivity contribution in [2.45, 2.75) is 64.7 Å². The van der Waals surface area contributed by atoms with Gasteiger partial charge in [-0.15, -0.1) is 0 Å². The van der Waals surface area contributed by atoms with Gasteiger partial charge in [0.15, 0.2) is 11.5 Å². The molecular formula is C29H32Cl2N2O4. The lowest BCUT2D eigenvalue weighted by Crippen LogP contribution is -2.24. The van der Waals surface area contributed by atoms with E-state index >= 15 is 0 Å². The summed E-state index contributed by atoms with van der Waals surface area (Å²) >= 11 is 12.6. The van der Waals surface area contributed by atoms with E-state index in [9.17, 15) is 4.79 Å². The summed E-state index contributed by atoms with van der Waals surface area (Å²) < 4.78 is 17.4. The third kappa shape index (κ3) is 7.08. The molecule has 0 atom stereocenters. The molecule has 3 aromatic rings. The van der Waals surface area contributed by atoms with Crippen molar-refractivity contribution >= 4 is 40.5 Å². The van der Waals surface area contributed by atoms with Crippen LogP contribution in [-0.4, -0.2) is 29.8 Å². The molecule has 8 heteroatoms. The van der Waals surface area contributed by atoms with E-state index in [0.717, 1.165) is 24.2 Å². The zero-order chi connectivity index (χ0) is 26.6. The lowest BCUT2D eigenvalue weighted by atomic mass is 10.1. The molecule has 4 rings (SSSR count). The number of anilines is 2. The Morgan fingerprint density at radius 3 is 2.30 bits per heavy atom. The normalized spacial score (nSPS) is 13.9. The first kappa shape index (κ1) is 27.1. The minimum atomic E-state index is -0.572. The first-order valence-corrected chi connectivity index (χ1v) is 13.1. The topological polar surface area (TPSA) is 60.9 Å². The number of halogens is 2. The molecule has 1 aromatic heterocycles. The van der Waals surface area contributed by atoms with E-state index in [1.54, 1.807) is 31.5 Å². The number of hydrogen-bond acceptors (Lipinski definition) is 6. The number of esters is 1. The Morgan fingerprint density at radius 2 is 1.68 bits per heavy atom. The Morgan fingerprint density at radius 1 is 1.00 bits per heavy atom. The van der Waals surface area contributed by atoms with Gasteiger partial charge < -0.3 is 19.1 Å². The van der Waals surface area contributed by atoms with Gasteiger partial charge >= 0.3 is 5.97 Å². The minimum Gasteiger partial charge on any atom is -0.493 e. The molecule has 0 aliphatic heterocycles. The van der Waals surface area contributed by atoms with Crippen LogP contribution in [0, 0.1) is 0 Å². The summed E-state index contributed by atoms with van der Waals surface area (Å²) in [5.41, 5.74) is 2.28. The highest BCUT2D eigenvalue weighted by Crippen LogP contribution is 2.38. The highest BCUT2D eigenvalue weighted by atomic mass is 35.5. The molecule has 0 saturated heterocycles. The summed E-state index contributed by atoms with van der Waals surface area (Å²) in [6.45, 7) is 5.91. The monoisotopic (exact) mass is 542 g/mol. The number of aromatic nitrogens is 1. The molecule has 0 spiro atoms. The maximum Gasteiger partial charge on any atom is 0.338 e. The quantitative estimate of drug-likeness (QED) is 0.268. The second kappa shape index (κ2) is 11.6. The number of carbonyl (C=O) groups is 1. The van der Waals surface area contributed by atoms with Crippen LogP contribution < -0.4 is 14.4 Å². The van der Waals surface area contributed by atoms with E-state index < -0.39 is 5.60 Å². The Labute approximate surface area is 228 Å². The molecule has 2 aromatic carbocycles. The smallest absolute Gasteiger partial charge is 0.338 e. The highest BCUT2D eigenvalue weighted by Gasteiger charge is 2.22. The molecule has 0 bridgehead atoms. The van der Waals surface area contributed by atoms with Crippen LogP contribution in [0.3, 0.4) is 0 Å². The van der Waals surface area contributed by atoms with Crippen LogP contribution in [0.25, 0.3) is 0 Å². The molecule has 6 nitrogen and oxygen atoms in total. The van der Waals surface area contributed by atoms with Gasteiger partial charge in [0.05, 0.1) is 41.1 Å². The maximum absolute atomic E-state index is 12.6. The summed E-state index contributed by atoms with van der Waals surface area (Å²) in [7, 11) is 1.64. The predicted molar refractivity (Wildman–Crippen MR) is 148 cm³/mol. The van der Waals surface area contributed by atoms with Crippen molar-refractivity contribution < 1.29 is 19.0 Å². The van der Waals surface area contributed by atoms with E-state index in [0.29, 0.717) is 39.3 Å². The Bertz CT molecular complexity index is 1240. The molecule has 1 fully saturated rings. The standard InChI is InChI=1S/C29H32Cl2N2O4/c1-29(2,3)37-28(34)19-9-11-21(12-10-19)33(18-25-24(31)15-20(30)17-32-25)22-13-14-26(35-4)27(16-22)36-23-7-5-6-8-23/h9-17,23H,5-8,18H2,1-4H3. The Kier molecular flexibility index (Phi) is 8.50. The first-order valence-electron chi connectivity index (χ1n) is 12.4. The summed E-state index contributed by atoms with van der Waals surface area (Å²) in [5.74, 6) is 1.00. The Balaban J connectivity index is 1.70. The molecule has 0 amide bonds. The van der Waals surface area contributed by atoms with Gasteiger partial charge in [-0.25, -0.2) is 4.79 Å². The third-order valence-electron chi connectivity index (χ3n) is 6.06. The average molecular weight is 543 g/mol. The molecule has 196 valence electrons. The van der Waals surface area contributed by atoms with E-state index in [2.05, 4.69) is 9.88 Å². The van der Waals surface area contributed by atoms with Crippen molar-refractivity contribution in [3.05, 3.63) is 76.0 Å². The Hall–Kier alpha value is -2.96. The van der Waals surface area contributed by atoms with Crippen LogP contribution in [0.2, 0.25) is 10.0 Å². The number of pyridine rings is 1. The maximum atomic E-state index is 12.6. The van der Waals surface area contributed by atoms with Gasteiger partial charge in [0.25, 0.3) is 0 Å². The molecule has 37 heavy (non-hydrogen) atoms. The minimum absolute atomic E-state index is 0.179. The second-order valence-electron chi connectivity index (χ2n) is 10.1. The summed E-state index contributed by atoms with van der Waals surface area (Å²) in [6, 6.07) is 14.8. The number of nitrogens with zero attached hydrogens (tertiary/aromatic N) is 2. The van der Waals surface area contributed by atoms with Crippen molar-refractivity contribution in [1.29, 1.82) is 0 Å². The number of rotatable bonds is 8. The lowest BCUT2D eigenvalue weighted by molar-refractivity contribution is 0.00695. The van der Waals surface area contributed by atoms with Crippen molar-refractivity contribution in [2.75, 3.05) is 12.0 Å². The van der Waals surface area contributed by atoms with E-state index in [-0.39, 0.29) is 12.1 Å². The summed E-state index contributed by atoms with van der Waals surface area (Å²) in [6.07, 6.45) is 6.17. The van der Waals surface area contributed by atoms with Gasteiger partial charge in [-0.05, 0) is 88.9 Å². The first-order chi connectivity index (χ1) is 17.6. The number of benzene rings is 2. The van der Waals surface area contributed by atoms with Crippen LogP contribution in [0.15, 0.2) is 54.7 Å². The highest BCUT2D eigenvalue weighted by molar-refractivity contribution is 6.34. The predicted octanol–water partition coefficient (Wildman–Crippen LogP) is 8.01. The van der Waals surface area contributed by atoms with Crippen LogP contribution in [0.4, 0.5) is 11.4 Å². The van der Waals surface area contributed by atoms with Crippen molar-refractivity contribution in [3.63, 3.8) is 0 Å². The molecule has 1 heterocycles. The second-order valence-corrected chi connectivity index (χ2v) is 10.9. The van der Waals surface area contributed by atoms with Crippen LogP contribution in [0.5, 0.6) is 11.5 Å². The molecular weight excluding hydrogens is 511 g/mol. The number of ether oxygens (including phenoxy) is 3. The van der Waals surface area contributed by atoms with Gasteiger partial charge in [0.1, 0.15) is 5.60 Å².